The number of carbonyl (C=O) groups is 1. The third-order valence-corrected chi connectivity index (χ3v) is 5.03. The second-order valence-corrected chi connectivity index (χ2v) is 6.48. The summed E-state index contributed by atoms with van der Waals surface area (Å²) in [5.41, 5.74) is 1.21. The maximum Gasteiger partial charge on any atom is 0.244 e. The van der Waals surface area contributed by atoms with E-state index < -0.39 is 0 Å². The first-order valence-corrected chi connectivity index (χ1v) is 8.26. The summed E-state index contributed by atoms with van der Waals surface area (Å²) in [5, 5.41) is 4.10. The van der Waals surface area contributed by atoms with E-state index in [1.54, 1.807) is 10.9 Å². The molecule has 0 unspecified atom stereocenters. The Labute approximate surface area is 135 Å². The average Bonchev–Trinajstić information content (AvgIpc) is 3.08. The number of piperidine rings is 1. The van der Waals surface area contributed by atoms with Crippen molar-refractivity contribution in [3.63, 3.8) is 0 Å². The molecule has 1 amide bonds. The Morgan fingerprint density at radius 3 is 2.78 bits per heavy atom. The van der Waals surface area contributed by atoms with Crippen molar-refractivity contribution in [2.75, 3.05) is 13.1 Å². The predicted molar refractivity (Wildman–Crippen MR) is 86.2 cm³/mol. The quantitative estimate of drug-likeness (QED) is 0.855. The lowest BCUT2D eigenvalue weighted by Crippen LogP contribution is -2.51. The first-order chi connectivity index (χ1) is 11.2. The highest BCUT2D eigenvalue weighted by Gasteiger charge is 2.40. The molecule has 1 fully saturated rings. The van der Waals surface area contributed by atoms with Crippen LogP contribution in [-0.2, 0) is 17.8 Å². The fraction of sp³-hybridized carbons (Fsp3) is 0.444. The van der Waals surface area contributed by atoms with Gasteiger partial charge in [0, 0.05) is 38.3 Å². The van der Waals surface area contributed by atoms with Crippen LogP contribution in [0.2, 0.25) is 0 Å². The predicted octanol–water partition coefficient (Wildman–Crippen LogP) is 2.27. The van der Waals surface area contributed by atoms with Gasteiger partial charge >= 0.3 is 0 Å². The van der Waals surface area contributed by atoms with Crippen LogP contribution >= 0.6 is 0 Å². The molecule has 4 rings (SSSR count). The van der Waals surface area contributed by atoms with Crippen LogP contribution in [0.5, 0.6) is 5.75 Å². The Morgan fingerprint density at radius 1 is 1.17 bits per heavy atom. The van der Waals surface area contributed by atoms with Gasteiger partial charge in [0.15, 0.2) is 0 Å². The Kier molecular flexibility index (Phi) is 3.56. The molecular formula is C18H21N3O2. The molecule has 0 N–H and O–H groups in total. The van der Waals surface area contributed by atoms with Gasteiger partial charge < -0.3 is 9.64 Å². The Balaban J connectivity index is 1.39. The Morgan fingerprint density at radius 2 is 2.00 bits per heavy atom. The molecule has 2 aromatic rings. The summed E-state index contributed by atoms with van der Waals surface area (Å²) in [6.07, 6.45) is 7.46. The number of fused-ring (bicyclic) bond motifs is 1. The number of benzene rings is 1. The minimum absolute atomic E-state index is 0.0865. The first-order valence-electron chi connectivity index (χ1n) is 8.26. The van der Waals surface area contributed by atoms with E-state index >= 15 is 0 Å². The van der Waals surface area contributed by atoms with Crippen LogP contribution < -0.4 is 4.74 Å². The molecule has 1 aromatic heterocycles. The van der Waals surface area contributed by atoms with Crippen molar-refractivity contribution in [3.8, 4) is 5.75 Å². The summed E-state index contributed by atoms with van der Waals surface area (Å²) in [5.74, 6) is 1.16. The largest absolute Gasteiger partial charge is 0.487 e. The topological polar surface area (TPSA) is 47.4 Å². The monoisotopic (exact) mass is 311 g/mol. The second-order valence-electron chi connectivity index (χ2n) is 6.48. The third kappa shape index (κ3) is 2.83. The van der Waals surface area contributed by atoms with Crippen molar-refractivity contribution in [1.29, 1.82) is 0 Å². The normalized spacial score (nSPS) is 19.2. The van der Waals surface area contributed by atoms with Crippen LogP contribution in [0.4, 0.5) is 0 Å². The van der Waals surface area contributed by atoms with Crippen LogP contribution in [0.3, 0.4) is 0 Å². The van der Waals surface area contributed by atoms with Gasteiger partial charge in [0.1, 0.15) is 17.9 Å². The maximum atomic E-state index is 12.4. The Hall–Kier alpha value is -2.30. The van der Waals surface area contributed by atoms with Crippen LogP contribution in [0.25, 0.3) is 0 Å². The van der Waals surface area contributed by atoms with E-state index in [2.05, 4.69) is 23.3 Å². The van der Waals surface area contributed by atoms with Gasteiger partial charge in [0.05, 0.1) is 0 Å². The number of aromatic nitrogens is 2. The minimum atomic E-state index is -0.0865. The smallest absolute Gasteiger partial charge is 0.244 e. The van der Waals surface area contributed by atoms with E-state index in [-0.39, 0.29) is 11.5 Å². The molecule has 1 aromatic carbocycles. The van der Waals surface area contributed by atoms with E-state index in [1.165, 1.54) is 5.56 Å². The summed E-state index contributed by atoms with van der Waals surface area (Å²) in [6.45, 7) is 1.86. The molecule has 0 atom stereocenters. The summed E-state index contributed by atoms with van der Waals surface area (Å²) in [7, 11) is 0. The number of ether oxygens (including phenoxy) is 1. The van der Waals surface area contributed by atoms with Crippen molar-refractivity contribution < 1.29 is 9.53 Å². The highest BCUT2D eigenvalue weighted by atomic mass is 16.5. The SMILES string of the molecule is O=C(Cn1cccn1)N1CCC2(CCc3ccccc3O2)CC1. The molecule has 2 aliphatic heterocycles. The molecule has 5 heteroatoms. The highest BCUT2D eigenvalue weighted by Crippen LogP contribution is 2.39. The van der Waals surface area contributed by atoms with Crippen LogP contribution in [0.1, 0.15) is 24.8 Å². The van der Waals surface area contributed by atoms with Crippen molar-refractivity contribution in [1.82, 2.24) is 14.7 Å². The number of amides is 1. The summed E-state index contributed by atoms with van der Waals surface area (Å²) in [6, 6.07) is 10.1. The zero-order valence-electron chi connectivity index (χ0n) is 13.1. The number of hydrogen-bond acceptors (Lipinski definition) is 3. The molecule has 0 aliphatic carbocycles. The number of hydrogen-bond donors (Lipinski definition) is 0. The zero-order chi connectivity index (χ0) is 15.7. The molecular weight excluding hydrogens is 290 g/mol. The standard InChI is InChI=1S/C18H21N3O2/c22-17(14-21-11-3-10-19-21)20-12-8-18(9-13-20)7-6-15-4-1-2-5-16(15)23-18/h1-5,10-11H,6-9,12-14H2. The maximum absolute atomic E-state index is 12.4. The van der Waals surface area contributed by atoms with E-state index in [4.69, 9.17) is 4.74 Å². The number of nitrogens with zero attached hydrogens (tertiary/aromatic N) is 3. The van der Waals surface area contributed by atoms with Crippen molar-refractivity contribution in [2.45, 2.75) is 37.8 Å². The fourth-order valence-corrected chi connectivity index (χ4v) is 3.60. The molecule has 23 heavy (non-hydrogen) atoms. The zero-order valence-corrected chi connectivity index (χ0v) is 13.1. The van der Waals surface area contributed by atoms with Crippen molar-refractivity contribution in [3.05, 3.63) is 48.3 Å². The summed E-state index contributed by atoms with van der Waals surface area (Å²) >= 11 is 0. The van der Waals surface area contributed by atoms with Gasteiger partial charge in [0.2, 0.25) is 5.91 Å². The van der Waals surface area contributed by atoms with E-state index in [9.17, 15) is 4.79 Å². The molecule has 5 nitrogen and oxygen atoms in total. The summed E-state index contributed by atoms with van der Waals surface area (Å²) < 4.78 is 8.02. The second kappa shape index (κ2) is 5.72. The number of aryl methyl sites for hydroxylation is 1. The van der Waals surface area contributed by atoms with Gasteiger partial charge in [0.25, 0.3) is 0 Å². The molecule has 0 radical (unpaired) electrons. The number of likely N-dealkylation sites (tertiary alicyclic amines) is 1. The average molecular weight is 311 g/mol. The van der Waals surface area contributed by atoms with E-state index in [0.717, 1.165) is 44.5 Å². The van der Waals surface area contributed by atoms with Crippen LogP contribution in [0.15, 0.2) is 42.7 Å². The van der Waals surface area contributed by atoms with E-state index in [0.29, 0.717) is 6.54 Å². The fourth-order valence-electron chi connectivity index (χ4n) is 3.60. The van der Waals surface area contributed by atoms with Crippen LogP contribution in [-0.4, -0.2) is 39.3 Å². The molecule has 1 spiro atoms. The first kappa shape index (κ1) is 14.3. The highest BCUT2D eigenvalue weighted by molar-refractivity contribution is 5.76. The summed E-state index contributed by atoms with van der Waals surface area (Å²) in [4.78, 5) is 14.3. The van der Waals surface area contributed by atoms with Gasteiger partial charge in [-0.1, -0.05) is 18.2 Å². The minimum Gasteiger partial charge on any atom is -0.487 e. The van der Waals surface area contributed by atoms with Gasteiger partial charge in [-0.25, -0.2) is 0 Å². The molecule has 1 saturated heterocycles. The Bertz CT molecular complexity index is 688. The lowest BCUT2D eigenvalue weighted by molar-refractivity contribution is -0.136. The van der Waals surface area contributed by atoms with Gasteiger partial charge in [-0.3, -0.25) is 9.48 Å². The van der Waals surface area contributed by atoms with Crippen molar-refractivity contribution >= 4 is 5.91 Å². The molecule has 2 aliphatic rings. The lowest BCUT2D eigenvalue weighted by atomic mass is 9.83. The van der Waals surface area contributed by atoms with E-state index in [1.807, 2.05) is 23.2 Å². The van der Waals surface area contributed by atoms with Gasteiger partial charge in [-0.05, 0) is 30.5 Å². The molecule has 3 heterocycles. The number of carbonyl (C=O) groups excluding carboxylic acids is 1. The molecule has 120 valence electrons. The van der Waals surface area contributed by atoms with Gasteiger partial charge in [-0.15, -0.1) is 0 Å². The molecule has 0 saturated carbocycles. The number of para-hydroxylation sites is 1. The molecule has 0 bridgehead atoms. The lowest BCUT2D eigenvalue weighted by Gasteiger charge is -2.44. The van der Waals surface area contributed by atoms with Crippen molar-refractivity contribution in [2.24, 2.45) is 0 Å². The third-order valence-electron chi connectivity index (χ3n) is 5.03. The number of rotatable bonds is 2. The van der Waals surface area contributed by atoms with Gasteiger partial charge in [-0.2, -0.15) is 5.10 Å². The van der Waals surface area contributed by atoms with Crippen LogP contribution in [0, 0.1) is 0 Å².